The summed E-state index contributed by atoms with van der Waals surface area (Å²) >= 11 is 8.29. The van der Waals surface area contributed by atoms with Crippen molar-refractivity contribution in [3.8, 4) is 0 Å². The average molecular weight is 298 g/mol. The molecule has 0 radical (unpaired) electrons. The lowest BCUT2D eigenvalue weighted by Crippen LogP contribution is -2.42. The Morgan fingerprint density at radius 2 is 2.11 bits per heavy atom. The molecule has 3 rings (SSSR count). The van der Waals surface area contributed by atoms with Gasteiger partial charge in [0.05, 0.1) is 5.02 Å². The molecule has 1 aromatic rings. The van der Waals surface area contributed by atoms with E-state index in [0.29, 0.717) is 12.1 Å². The number of hydrogen-bond acceptors (Lipinski definition) is 4. The highest BCUT2D eigenvalue weighted by Gasteiger charge is 2.27. The first kappa shape index (κ1) is 13.5. The number of nitrogens with zero attached hydrogens (tertiary/aromatic N) is 2. The molecule has 0 saturated carbocycles. The van der Waals surface area contributed by atoms with Gasteiger partial charge in [0.2, 0.25) is 0 Å². The van der Waals surface area contributed by atoms with Gasteiger partial charge < -0.3 is 10.2 Å². The first-order valence-corrected chi connectivity index (χ1v) is 8.55. The van der Waals surface area contributed by atoms with Crippen molar-refractivity contribution in [1.29, 1.82) is 0 Å². The molecule has 2 aliphatic heterocycles. The Bertz CT molecular complexity index is 423. The maximum absolute atomic E-state index is 6.22. The molecule has 2 aliphatic rings. The molecule has 0 amide bonds. The van der Waals surface area contributed by atoms with Crippen LogP contribution in [0.5, 0.6) is 0 Å². The van der Waals surface area contributed by atoms with Crippen LogP contribution in [-0.2, 0) is 0 Å². The fraction of sp³-hybridized carbons (Fsp3) is 0.643. The van der Waals surface area contributed by atoms with Crippen molar-refractivity contribution in [1.82, 2.24) is 10.3 Å². The lowest BCUT2D eigenvalue weighted by Gasteiger charge is -2.26. The van der Waals surface area contributed by atoms with E-state index >= 15 is 0 Å². The van der Waals surface area contributed by atoms with Crippen LogP contribution in [0.25, 0.3) is 0 Å². The maximum atomic E-state index is 6.22. The molecule has 0 aliphatic carbocycles. The van der Waals surface area contributed by atoms with Crippen LogP contribution in [-0.4, -0.2) is 41.7 Å². The lowest BCUT2D eigenvalue weighted by atomic mass is 10.1. The van der Waals surface area contributed by atoms with E-state index in [0.717, 1.165) is 23.9 Å². The number of aromatic nitrogens is 1. The first-order chi connectivity index (χ1) is 9.33. The molecule has 0 bridgehead atoms. The largest absolute Gasteiger partial charge is 0.354 e. The number of thioether (sulfide) groups is 1. The van der Waals surface area contributed by atoms with Crippen molar-refractivity contribution in [3.63, 3.8) is 0 Å². The van der Waals surface area contributed by atoms with E-state index in [2.05, 4.69) is 27.0 Å². The molecule has 1 N–H and O–H groups in total. The minimum atomic E-state index is 0.589. The van der Waals surface area contributed by atoms with E-state index in [-0.39, 0.29) is 0 Å². The summed E-state index contributed by atoms with van der Waals surface area (Å²) in [4.78, 5) is 6.71. The fourth-order valence-corrected chi connectivity index (χ4v) is 4.24. The van der Waals surface area contributed by atoms with Crippen molar-refractivity contribution in [3.05, 3.63) is 23.4 Å². The van der Waals surface area contributed by atoms with Crippen LogP contribution < -0.4 is 10.2 Å². The van der Waals surface area contributed by atoms with Gasteiger partial charge in [-0.05, 0) is 42.9 Å². The molecule has 0 aromatic carbocycles. The monoisotopic (exact) mass is 297 g/mol. The van der Waals surface area contributed by atoms with E-state index in [1.807, 2.05) is 18.3 Å². The number of rotatable bonds is 3. The fourth-order valence-electron chi connectivity index (χ4n) is 2.90. The number of nitrogens with one attached hydrogen (secondary N) is 1. The zero-order chi connectivity index (χ0) is 13.1. The Labute approximate surface area is 124 Å². The molecule has 104 valence electrons. The summed E-state index contributed by atoms with van der Waals surface area (Å²) in [6, 6.07) is 5.11. The second-order valence-electron chi connectivity index (χ2n) is 5.29. The number of hydrogen-bond donors (Lipinski definition) is 1. The average Bonchev–Trinajstić information content (AvgIpc) is 2.89. The smallest absolute Gasteiger partial charge is 0.147 e. The second kappa shape index (κ2) is 6.33. The number of halogens is 1. The Kier molecular flexibility index (Phi) is 4.51. The van der Waals surface area contributed by atoms with Gasteiger partial charge in [0.1, 0.15) is 5.82 Å². The molecule has 0 spiro atoms. The summed E-state index contributed by atoms with van der Waals surface area (Å²) in [5, 5.41) is 4.57. The van der Waals surface area contributed by atoms with Gasteiger partial charge in [0.15, 0.2) is 0 Å². The van der Waals surface area contributed by atoms with E-state index in [1.54, 1.807) is 0 Å². The first-order valence-electron chi connectivity index (χ1n) is 7.02. The van der Waals surface area contributed by atoms with E-state index < -0.39 is 0 Å². The van der Waals surface area contributed by atoms with Gasteiger partial charge in [0.25, 0.3) is 0 Å². The number of anilines is 1. The lowest BCUT2D eigenvalue weighted by molar-refractivity contribution is 0.424. The zero-order valence-corrected chi connectivity index (χ0v) is 12.6. The molecule has 0 unspecified atom stereocenters. The van der Waals surface area contributed by atoms with Crippen LogP contribution in [0.4, 0.5) is 5.82 Å². The normalized spacial score (nSPS) is 24.9. The third-order valence-electron chi connectivity index (χ3n) is 3.92. The van der Waals surface area contributed by atoms with Crippen LogP contribution in [0.2, 0.25) is 5.02 Å². The highest BCUT2D eigenvalue weighted by Crippen LogP contribution is 2.26. The molecule has 2 fully saturated rings. The number of pyridine rings is 1. The predicted molar refractivity (Wildman–Crippen MR) is 83.3 cm³/mol. The van der Waals surface area contributed by atoms with Gasteiger partial charge in [-0.3, -0.25) is 0 Å². The summed E-state index contributed by atoms with van der Waals surface area (Å²) < 4.78 is 0. The van der Waals surface area contributed by atoms with Gasteiger partial charge >= 0.3 is 0 Å². The van der Waals surface area contributed by atoms with Crippen LogP contribution in [0.3, 0.4) is 0 Å². The highest BCUT2D eigenvalue weighted by atomic mass is 35.5. The standard InChI is InChI=1S/C14H20ClN3S/c15-13-2-1-6-16-14(13)18-7-3-12(10-18)17-11-4-8-19-9-5-11/h1-2,6,11-12,17H,3-5,7-10H2/t12-/m1/s1. The molecule has 1 aromatic heterocycles. The van der Waals surface area contributed by atoms with Crippen molar-refractivity contribution in [2.75, 3.05) is 29.5 Å². The molecule has 1 atom stereocenters. The van der Waals surface area contributed by atoms with Crippen molar-refractivity contribution in [2.45, 2.75) is 31.3 Å². The Balaban J connectivity index is 1.56. The molecular formula is C14H20ClN3S. The van der Waals surface area contributed by atoms with Gasteiger partial charge in [-0.1, -0.05) is 11.6 Å². The van der Waals surface area contributed by atoms with E-state index in [9.17, 15) is 0 Å². The Morgan fingerprint density at radius 3 is 2.89 bits per heavy atom. The summed E-state index contributed by atoms with van der Waals surface area (Å²) in [5.74, 6) is 3.55. The van der Waals surface area contributed by atoms with Gasteiger partial charge in [-0.2, -0.15) is 11.8 Å². The SMILES string of the molecule is Clc1cccnc1N1CC[C@@H](NC2CCSCC2)C1. The maximum Gasteiger partial charge on any atom is 0.147 e. The second-order valence-corrected chi connectivity index (χ2v) is 6.93. The molecule has 3 nitrogen and oxygen atoms in total. The van der Waals surface area contributed by atoms with Crippen molar-refractivity contribution >= 4 is 29.2 Å². The van der Waals surface area contributed by atoms with Gasteiger partial charge in [-0.15, -0.1) is 0 Å². The summed E-state index contributed by atoms with van der Waals surface area (Å²) in [6.45, 7) is 2.08. The van der Waals surface area contributed by atoms with Crippen molar-refractivity contribution < 1.29 is 0 Å². The molecule has 19 heavy (non-hydrogen) atoms. The van der Waals surface area contributed by atoms with Crippen molar-refractivity contribution in [2.24, 2.45) is 0 Å². The third kappa shape index (κ3) is 3.36. The van der Waals surface area contributed by atoms with Gasteiger partial charge in [-0.25, -0.2) is 4.98 Å². The predicted octanol–water partition coefficient (Wildman–Crippen LogP) is 2.80. The Hall–Kier alpha value is -0.450. The molecule has 5 heteroatoms. The molecular weight excluding hydrogens is 278 g/mol. The quantitative estimate of drug-likeness (QED) is 0.929. The Morgan fingerprint density at radius 1 is 1.26 bits per heavy atom. The van der Waals surface area contributed by atoms with Crippen LogP contribution >= 0.6 is 23.4 Å². The van der Waals surface area contributed by atoms with E-state index in [1.165, 1.54) is 30.8 Å². The van der Waals surface area contributed by atoms with Crippen LogP contribution in [0.1, 0.15) is 19.3 Å². The summed E-state index contributed by atoms with van der Waals surface area (Å²) in [5.41, 5.74) is 0. The minimum absolute atomic E-state index is 0.589. The molecule has 3 heterocycles. The summed E-state index contributed by atoms with van der Waals surface area (Å²) in [6.07, 6.45) is 5.63. The van der Waals surface area contributed by atoms with Crippen LogP contribution in [0, 0.1) is 0 Å². The van der Waals surface area contributed by atoms with E-state index in [4.69, 9.17) is 11.6 Å². The van der Waals surface area contributed by atoms with Gasteiger partial charge in [0, 0.05) is 31.4 Å². The topological polar surface area (TPSA) is 28.2 Å². The summed E-state index contributed by atoms with van der Waals surface area (Å²) in [7, 11) is 0. The zero-order valence-electron chi connectivity index (χ0n) is 11.0. The highest BCUT2D eigenvalue weighted by molar-refractivity contribution is 7.99. The molecule has 2 saturated heterocycles. The minimum Gasteiger partial charge on any atom is -0.354 e. The van der Waals surface area contributed by atoms with Crippen LogP contribution in [0.15, 0.2) is 18.3 Å². The third-order valence-corrected chi connectivity index (χ3v) is 5.26.